The number of rotatable bonds is 5. The zero-order valence-corrected chi connectivity index (χ0v) is 19.7. The number of hydrogen-bond donors (Lipinski definition) is 1. The maximum atomic E-state index is 12.7. The largest absolute Gasteiger partial charge is 0.403 e. The fourth-order valence-corrected chi connectivity index (χ4v) is 7.55. The third-order valence-electron chi connectivity index (χ3n) is 4.51. The molecule has 0 unspecified atom stereocenters. The predicted molar refractivity (Wildman–Crippen MR) is 117 cm³/mol. The van der Waals surface area contributed by atoms with Crippen molar-refractivity contribution >= 4 is 79.4 Å². The van der Waals surface area contributed by atoms with Crippen LogP contribution in [-0.2, 0) is 14.8 Å². The molecule has 0 radical (unpaired) electrons. The number of halogens is 3. The summed E-state index contributed by atoms with van der Waals surface area (Å²) in [5, 5.41) is 10.3. The molecule has 30 heavy (non-hydrogen) atoms. The van der Waals surface area contributed by atoms with Crippen LogP contribution in [0.25, 0.3) is 11.5 Å². The molecule has 1 amide bonds. The molecule has 4 heterocycles. The molecule has 1 aliphatic rings. The van der Waals surface area contributed by atoms with Crippen LogP contribution in [0.15, 0.2) is 26.8 Å². The van der Waals surface area contributed by atoms with E-state index in [1.54, 1.807) is 12.1 Å². The molecule has 4 rings (SSSR count). The summed E-state index contributed by atoms with van der Waals surface area (Å²) in [6.07, 6.45) is 0.744. The minimum absolute atomic E-state index is 0.0586. The van der Waals surface area contributed by atoms with Crippen LogP contribution in [0.1, 0.15) is 12.8 Å². The van der Waals surface area contributed by atoms with Gasteiger partial charge in [0.25, 0.3) is 15.9 Å². The van der Waals surface area contributed by atoms with E-state index in [-0.39, 0.29) is 41.0 Å². The van der Waals surface area contributed by atoms with Gasteiger partial charge in [0.15, 0.2) is 0 Å². The minimum Gasteiger partial charge on any atom is -0.403 e. The first-order valence-electron chi connectivity index (χ1n) is 8.59. The molecular weight excluding hydrogens is 515 g/mol. The molecule has 160 valence electrons. The highest BCUT2D eigenvalue weighted by atomic mass is 35.5. The molecule has 0 bridgehead atoms. The Labute approximate surface area is 194 Å². The highest BCUT2D eigenvalue weighted by molar-refractivity contribution is 7.91. The van der Waals surface area contributed by atoms with Gasteiger partial charge in [0, 0.05) is 19.0 Å². The van der Waals surface area contributed by atoms with Gasteiger partial charge in [0.1, 0.15) is 8.55 Å². The Balaban J connectivity index is 1.37. The standard InChI is InChI=1S/C16H13Cl3N4O4S3/c17-10-1-2-12(28-10)30(25,26)23-5-3-8(4-6-23)14(24)20-16-22-21-15(27-16)9-7-11(18)29-13(9)19/h1-2,7-8H,3-6H2,(H,20,22,24). The van der Waals surface area contributed by atoms with Crippen molar-refractivity contribution in [2.75, 3.05) is 18.4 Å². The smallest absolute Gasteiger partial charge is 0.322 e. The zero-order valence-electron chi connectivity index (χ0n) is 15.0. The Kier molecular flexibility index (Phi) is 6.40. The summed E-state index contributed by atoms with van der Waals surface area (Å²) in [6.45, 7) is 0.460. The molecule has 14 heteroatoms. The van der Waals surface area contributed by atoms with Crippen LogP contribution >= 0.6 is 57.5 Å². The number of nitrogens with one attached hydrogen (secondary N) is 1. The van der Waals surface area contributed by atoms with Crippen molar-refractivity contribution in [2.45, 2.75) is 17.1 Å². The second-order valence-corrected chi connectivity index (χ2v) is 12.5. The van der Waals surface area contributed by atoms with Gasteiger partial charge in [-0.05, 0) is 31.0 Å². The molecule has 1 aliphatic heterocycles. The third kappa shape index (κ3) is 4.52. The first kappa shape index (κ1) is 22.0. The van der Waals surface area contributed by atoms with E-state index in [2.05, 4.69) is 15.5 Å². The molecule has 0 atom stereocenters. The summed E-state index contributed by atoms with van der Waals surface area (Å²) in [5.41, 5.74) is 0.492. The summed E-state index contributed by atoms with van der Waals surface area (Å²) in [6, 6.07) is 4.58. The minimum atomic E-state index is -3.61. The van der Waals surface area contributed by atoms with E-state index in [9.17, 15) is 13.2 Å². The molecule has 1 fully saturated rings. The van der Waals surface area contributed by atoms with Gasteiger partial charge < -0.3 is 4.42 Å². The molecule has 0 aromatic carbocycles. The van der Waals surface area contributed by atoms with Crippen molar-refractivity contribution in [1.82, 2.24) is 14.5 Å². The normalized spacial score (nSPS) is 16.1. The van der Waals surface area contributed by atoms with Crippen molar-refractivity contribution in [1.29, 1.82) is 0 Å². The second kappa shape index (κ2) is 8.73. The lowest BCUT2D eigenvalue weighted by molar-refractivity contribution is -0.121. The number of anilines is 1. The van der Waals surface area contributed by atoms with Gasteiger partial charge in [-0.2, -0.15) is 4.31 Å². The second-order valence-electron chi connectivity index (χ2n) is 6.38. The molecule has 1 N–H and O–H groups in total. The first-order chi connectivity index (χ1) is 14.2. The fraction of sp³-hybridized carbons (Fsp3) is 0.312. The van der Waals surface area contributed by atoms with Crippen LogP contribution in [0.5, 0.6) is 0 Å². The van der Waals surface area contributed by atoms with E-state index >= 15 is 0 Å². The van der Waals surface area contributed by atoms with Gasteiger partial charge in [-0.25, -0.2) is 8.42 Å². The molecule has 3 aromatic rings. The van der Waals surface area contributed by atoms with E-state index < -0.39 is 10.0 Å². The van der Waals surface area contributed by atoms with Gasteiger partial charge in [0.05, 0.1) is 14.2 Å². The number of thiophene rings is 2. The van der Waals surface area contributed by atoms with E-state index in [0.29, 0.717) is 31.4 Å². The van der Waals surface area contributed by atoms with Gasteiger partial charge >= 0.3 is 6.01 Å². The summed E-state index contributed by atoms with van der Waals surface area (Å²) < 4.78 is 33.6. The lowest BCUT2D eigenvalue weighted by Crippen LogP contribution is -2.41. The van der Waals surface area contributed by atoms with Crippen LogP contribution in [0.4, 0.5) is 6.01 Å². The zero-order chi connectivity index (χ0) is 21.5. The van der Waals surface area contributed by atoms with Gasteiger partial charge in [-0.3, -0.25) is 10.1 Å². The summed E-state index contributed by atoms with van der Waals surface area (Å²) in [7, 11) is -3.61. The summed E-state index contributed by atoms with van der Waals surface area (Å²) in [5.74, 6) is -0.539. The first-order valence-corrected chi connectivity index (χ1v) is 12.8. The van der Waals surface area contributed by atoms with E-state index in [0.717, 1.165) is 11.3 Å². The maximum Gasteiger partial charge on any atom is 0.322 e. The highest BCUT2D eigenvalue weighted by Gasteiger charge is 2.33. The molecule has 0 aliphatic carbocycles. The van der Waals surface area contributed by atoms with Crippen molar-refractivity contribution < 1.29 is 17.6 Å². The third-order valence-corrected chi connectivity index (χ3v) is 9.59. The average molecular weight is 528 g/mol. The van der Waals surface area contributed by atoms with Crippen molar-refractivity contribution in [2.24, 2.45) is 5.92 Å². The Morgan fingerprint density at radius 1 is 1.13 bits per heavy atom. The topological polar surface area (TPSA) is 105 Å². The fourth-order valence-electron chi connectivity index (χ4n) is 3.00. The molecular formula is C16H13Cl3N4O4S3. The summed E-state index contributed by atoms with van der Waals surface area (Å²) >= 11 is 20.0. The average Bonchev–Trinajstić information content (AvgIpc) is 3.42. The van der Waals surface area contributed by atoms with Gasteiger partial charge in [-0.15, -0.1) is 27.8 Å². The van der Waals surface area contributed by atoms with Crippen LogP contribution in [0.2, 0.25) is 13.0 Å². The molecule has 8 nitrogen and oxygen atoms in total. The number of hydrogen-bond acceptors (Lipinski definition) is 8. The Morgan fingerprint density at radius 3 is 2.47 bits per heavy atom. The van der Waals surface area contributed by atoms with Crippen molar-refractivity contribution in [3.63, 3.8) is 0 Å². The lowest BCUT2D eigenvalue weighted by atomic mass is 9.97. The number of carbonyl (C=O) groups is 1. The number of aromatic nitrogens is 2. The highest BCUT2D eigenvalue weighted by Crippen LogP contribution is 2.38. The van der Waals surface area contributed by atoms with E-state index in [4.69, 9.17) is 39.2 Å². The van der Waals surface area contributed by atoms with E-state index in [1.165, 1.54) is 21.7 Å². The van der Waals surface area contributed by atoms with Crippen LogP contribution < -0.4 is 5.32 Å². The van der Waals surface area contributed by atoms with Crippen LogP contribution in [-0.4, -0.2) is 41.9 Å². The Bertz CT molecular complexity index is 1180. The van der Waals surface area contributed by atoms with Crippen LogP contribution in [0.3, 0.4) is 0 Å². The maximum absolute atomic E-state index is 12.7. The summed E-state index contributed by atoms with van der Waals surface area (Å²) in [4.78, 5) is 12.5. The number of nitrogens with zero attached hydrogens (tertiary/aromatic N) is 3. The Morgan fingerprint density at radius 2 is 1.87 bits per heavy atom. The van der Waals surface area contributed by atoms with Crippen molar-refractivity contribution in [3.05, 3.63) is 31.2 Å². The van der Waals surface area contributed by atoms with E-state index in [1.807, 2.05) is 0 Å². The predicted octanol–water partition coefficient (Wildman–Crippen LogP) is 4.86. The molecule has 1 saturated heterocycles. The van der Waals surface area contributed by atoms with Gasteiger partial charge in [-0.1, -0.05) is 39.9 Å². The number of carbonyl (C=O) groups excluding carboxylic acids is 1. The number of piperidine rings is 1. The quantitative estimate of drug-likeness (QED) is 0.508. The lowest BCUT2D eigenvalue weighted by Gasteiger charge is -2.29. The Hall–Kier alpha value is -1.21. The molecule has 3 aromatic heterocycles. The van der Waals surface area contributed by atoms with Crippen LogP contribution in [0, 0.1) is 5.92 Å². The SMILES string of the molecule is O=C(Nc1nnc(-c2cc(Cl)sc2Cl)o1)C1CCN(S(=O)(=O)c2ccc(Cl)s2)CC1. The monoisotopic (exact) mass is 526 g/mol. The number of sulfonamides is 1. The number of amides is 1. The van der Waals surface area contributed by atoms with Crippen molar-refractivity contribution in [3.8, 4) is 11.5 Å². The molecule has 0 spiro atoms. The molecule has 0 saturated carbocycles. The van der Waals surface area contributed by atoms with Gasteiger partial charge in [0.2, 0.25) is 5.91 Å².